The molecule has 0 fully saturated rings. The first-order chi connectivity index (χ1) is 11.1. The number of allylic oxidation sites excluding steroid dienone is 4. The Hall–Kier alpha value is -2.27. The fraction of sp³-hybridized carbons (Fsp3) is 0.389. The predicted octanol–water partition coefficient (Wildman–Crippen LogP) is 2.92. The summed E-state index contributed by atoms with van der Waals surface area (Å²) in [5.74, 6) is 0. The normalized spacial score (nSPS) is 12.6. The zero-order valence-electron chi connectivity index (χ0n) is 14.1. The van der Waals surface area contributed by atoms with Crippen molar-refractivity contribution in [3.63, 3.8) is 0 Å². The van der Waals surface area contributed by atoms with E-state index in [4.69, 9.17) is 5.11 Å². The van der Waals surface area contributed by atoms with Crippen molar-refractivity contribution in [2.75, 3.05) is 6.61 Å². The Morgan fingerprint density at radius 2 is 2.09 bits per heavy atom. The van der Waals surface area contributed by atoms with Gasteiger partial charge in [-0.1, -0.05) is 24.8 Å². The van der Waals surface area contributed by atoms with Crippen LogP contribution in [0.25, 0.3) is 17.2 Å². The summed E-state index contributed by atoms with van der Waals surface area (Å²) in [7, 11) is 0. The van der Waals surface area contributed by atoms with E-state index < -0.39 is 0 Å². The molecule has 5 heteroatoms. The quantitative estimate of drug-likeness (QED) is 0.799. The summed E-state index contributed by atoms with van der Waals surface area (Å²) in [5, 5.41) is 9.06. The van der Waals surface area contributed by atoms with E-state index in [2.05, 4.69) is 18.7 Å². The first kappa shape index (κ1) is 17.1. The third kappa shape index (κ3) is 3.10. The van der Waals surface area contributed by atoms with Gasteiger partial charge in [0, 0.05) is 32.1 Å². The third-order valence-electron chi connectivity index (χ3n) is 3.97. The van der Waals surface area contributed by atoms with Crippen molar-refractivity contribution in [2.45, 2.75) is 40.3 Å². The van der Waals surface area contributed by atoms with Crippen molar-refractivity contribution in [3.8, 4) is 0 Å². The van der Waals surface area contributed by atoms with E-state index in [9.17, 15) is 4.79 Å². The molecule has 0 saturated heterocycles. The number of fused-ring (bicyclic) bond motifs is 1. The van der Waals surface area contributed by atoms with E-state index in [-0.39, 0.29) is 12.2 Å². The Morgan fingerprint density at radius 1 is 1.35 bits per heavy atom. The number of aliphatic hydroxyl groups excluding tert-OH is 1. The van der Waals surface area contributed by atoms with Crippen LogP contribution in [0.3, 0.4) is 0 Å². The Kier molecular flexibility index (Phi) is 5.45. The van der Waals surface area contributed by atoms with Crippen LogP contribution in [-0.4, -0.2) is 25.6 Å². The molecule has 5 nitrogen and oxygen atoms in total. The molecule has 2 aromatic heterocycles. The molecule has 0 spiro atoms. The zero-order chi connectivity index (χ0) is 17.0. The van der Waals surface area contributed by atoms with Crippen LogP contribution in [0.15, 0.2) is 41.4 Å². The number of aryl methyl sites for hydroxylation is 1. The van der Waals surface area contributed by atoms with Gasteiger partial charge in [0.15, 0.2) is 0 Å². The number of hydrogen-bond acceptors (Lipinski definition) is 2. The second kappa shape index (κ2) is 7.33. The fourth-order valence-electron chi connectivity index (χ4n) is 2.93. The van der Waals surface area contributed by atoms with Crippen LogP contribution >= 0.6 is 0 Å². The fourth-order valence-corrected chi connectivity index (χ4v) is 2.93. The van der Waals surface area contributed by atoms with Gasteiger partial charge < -0.3 is 9.67 Å². The molecular formula is C18H25N3O2. The van der Waals surface area contributed by atoms with E-state index >= 15 is 0 Å². The summed E-state index contributed by atoms with van der Waals surface area (Å²) in [5.41, 5.74) is 3.72. The van der Waals surface area contributed by atoms with Gasteiger partial charge in [0.05, 0.1) is 5.52 Å². The van der Waals surface area contributed by atoms with Crippen LogP contribution in [0.5, 0.6) is 0 Å². The highest BCUT2D eigenvalue weighted by Crippen LogP contribution is 2.21. The van der Waals surface area contributed by atoms with Gasteiger partial charge in [0.2, 0.25) is 0 Å². The number of aromatic nitrogens is 3. The molecule has 0 unspecified atom stereocenters. The molecule has 2 aromatic rings. The summed E-state index contributed by atoms with van der Waals surface area (Å²) >= 11 is 0. The smallest absolute Gasteiger partial charge is 0.291 e. The van der Waals surface area contributed by atoms with E-state index in [1.54, 1.807) is 15.6 Å². The van der Waals surface area contributed by atoms with Crippen LogP contribution in [0, 0.1) is 6.92 Å². The van der Waals surface area contributed by atoms with Crippen LogP contribution < -0.4 is 5.56 Å². The lowest BCUT2D eigenvalue weighted by Crippen LogP contribution is -2.23. The predicted molar refractivity (Wildman–Crippen MR) is 95.6 cm³/mol. The molecule has 0 radical (unpaired) electrons. The molecule has 23 heavy (non-hydrogen) atoms. The number of aliphatic hydroxyl groups is 1. The van der Waals surface area contributed by atoms with E-state index in [0.717, 1.165) is 16.7 Å². The van der Waals surface area contributed by atoms with Gasteiger partial charge in [-0.05, 0) is 38.3 Å². The van der Waals surface area contributed by atoms with E-state index in [1.165, 1.54) is 0 Å². The Labute approximate surface area is 136 Å². The monoisotopic (exact) mass is 315 g/mol. The third-order valence-corrected chi connectivity index (χ3v) is 3.97. The van der Waals surface area contributed by atoms with Gasteiger partial charge in [0.25, 0.3) is 5.56 Å². The highest BCUT2D eigenvalue weighted by molar-refractivity contribution is 5.81. The summed E-state index contributed by atoms with van der Waals surface area (Å²) < 4.78 is 5.43. The summed E-state index contributed by atoms with van der Waals surface area (Å²) in [6.07, 6.45) is 10.3. The van der Waals surface area contributed by atoms with Crippen molar-refractivity contribution in [3.05, 3.63) is 52.5 Å². The summed E-state index contributed by atoms with van der Waals surface area (Å²) in [6, 6.07) is 0. The first-order valence-electron chi connectivity index (χ1n) is 7.91. The maximum atomic E-state index is 12.8. The molecule has 0 bridgehead atoms. The van der Waals surface area contributed by atoms with Gasteiger partial charge >= 0.3 is 0 Å². The Balaban J connectivity index is 2.63. The van der Waals surface area contributed by atoms with Gasteiger partial charge in [-0.25, -0.2) is 4.68 Å². The molecule has 124 valence electrons. The average Bonchev–Trinajstić information content (AvgIpc) is 3.01. The first-order valence-corrected chi connectivity index (χ1v) is 7.91. The number of hydrogen-bond donors (Lipinski definition) is 1. The minimum absolute atomic E-state index is 0.0441. The molecule has 0 aliphatic heterocycles. The van der Waals surface area contributed by atoms with Crippen LogP contribution in [0.4, 0.5) is 0 Å². The lowest BCUT2D eigenvalue weighted by Gasteiger charge is -2.07. The highest BCUT2D eigenvalue weighted by Gasteiger charge is 2.18. The van der Waals surface area contributed by atoms with E-state index in [1.807, 2.05) is 37.6 Å². The highest BCUT2D eigenvalue weighted by atomic mass is 16.3. The van der Waals surface area contributed by atoms with Crippen molar-refractivity contribution in [1.82, 2.24) is 13.9 Å². The van der Waals surface area contributed by atoms with Gasteiger partial charge in [-0.2, -0.15) is 0 Å². The maximum absolute atomic E-state index is 12.8. The largest absolute Gasteiger partial charge is 0.396 e. The van der Waals surface area contributed by atoms with Crippen molar-refractivity contribution in [1.29, 1.82) is 0 Å². The number of nitrogens with zero attached hydrogens (tertiary/aromatic N) is 3. The summed E-state index contributed by atoms with van der Waals surface area (Å²) in [4.78, 5) is 12.8. The lowest BCUT2D eigenvalue weighted by atomic mass is 10.2. The second-order valence-corrected chi connectivity index (χ2v) is 5.53. The van der Waals surface area contributed by atoms with Crippen LogP contribution in [-0.2, 0) is 13.1 Å². The van der Waals surface area contributed by atoms with Gasteiger partial charge in [-0.3, -0.25) is 9.48 Å². The molecule has 0 atom stereocenters. The SMILES string of the molecule is C=Cn1c2c(C)cn(CC(/C=C\C)=C/C)c2c(=O)n1CCCO. The summed E-state index contributed by atoms with van der Waals surface area (Å²) in [6.45, 7) is 11.0. The minimum Gasteiger partial charge on any atom is -0.396 e. The lowest BCUT2D eigenvalue weighted by molar-refractivity contribution is 0.274. The Morgan fingerprint density at radius 3 is 2.65 bits per heavy atom. The van der Waals surface area contributed by atoms with Crippen molar-refractivity contribution < 1.29 is 5.11 Å². The second-order valence-electron chi connectivity index (χ2n) is 5.53. The number of rotatable bonds is 7. The molecule has 1 N–H and O–H groups in total. The molecule has 0 aromatic carbocycles. The zero-order valence-corrected chi connectivity index (χ0v) is 14.1. The van der Waals surface area contributed by atoms with Crippen LogP contribution in [0.2, 0.25) is 0 Å². The molecule has 0 amide bonds. The molecular weight excluding hydrogens is 290 g/mol. The van der Waals surface area contributed by atoms with Gasteiger partial charge in [-0.15, -0.1) is 0 Å². The molecule has 2 rings (SSSR count). The minimum atomic E-state index is -0.0441. The maximum Gasteiger partial charge on any atom is 0.291 e. The van der Waals surface area contributed by atoms with Gasteiger partial charge in [0.1, 0.15) is 5.52 Å². The van der Waals surface area contributed by atoms with Crippen LogP contribution in [0.1, 0.15) is 25.8 Å². The topological polar surface area (TPSA) is 52.1 Å². The molecule has 0 aliphatic carbocycles. The molecule has 0 saturated carbocycles. The van der Waals surface area contributed by atoms with Crippen molar-refractivity contribution in [2.24, 2.45) is 0 Å². The standard InChI is InChI=1S/C18H25N3O2/c1-5-9-15(6-2)13-19-12-14(4)16-17(19)18(23)21(10-8-11-22)20(16)7-3/h5-7,9,12,22H,3,8,10-11,13H2,1-2,4H3/b9-5-,15-6+. The Bertz CT molecular complexity index is 816. The molecule has 0 aliphatic rings. The average molecular weight is 315 g/mol. The molecule has 2 heterocycles. The van der Waals surface area contributed by atoms with E-state index in [0.29, 0.717) is 25.0 Å². The van der Waals surface area contributed by atoms with Crippen molar-refractivity contribution >= 4 is 17.2 Å².